The number of hydrogen-bond acceptors (Lipinski definition) is 8. The Morgan fingerprint density at radius 1 is 0.792 bits per heavy atom. The highest BCUT2D eigenvalue weighted by Crippen LogP contribution is 2.22. The van der Waals surface area contributed by atoms with E-state index in [0.29, 0.717) is 50.2 Å². The number of alkyl halides is 2. The van der Waals surface area contributed by atoms with Gasteiger partial charge in [0.15, 0.2) is 5.75 Å². The quantitative estimate of drug-likeness (QED) is 0.0420. The number of Topliss-reactive ketones (excluding diaryl/α,β-unsaturated/α-hetero) is 3. The van der Waals surface area contributed by atoms with Gasteiger partial charge in [-0.3, -0.25) is 28.8 Å². The van der Waals surface area contributed by atoms with Gasteiger partial charge in [0.1, 0.15) is 23.1 Å². The molecular formula is C39H78I2N3O6S3+. The predicted octanol–water partition coefficient (Wildman–Crippen LogP) is 8.20. The molecule has 316 valence electrons. The van der Waals surface area contributed by atoms with Crippen molar-refractivity contribution in [3.63, 3.8) is 0 Å². The number of amides is 3. The van der Waals surface area contributed by atoms with E-state index in [4.69, 9.17) is 12.8 Å². The summed E-state index contributed by atoms with van der Waals surface area (Å²) >= 11 is 7.13. The Bertz CT molecular complexity index is 993. The van der Waals surface area contributed by atoms with Gasteiger partial charge >= 0.3 is 0 Å². The zero-order valence-corrected chi connectivity index (χ0v) is 42.0. The molecule has 4 atom stereocenters. The van der Waals surface area contributed by atoms with Crippen LogP contribution in [-0.4, -0.2) is 86.2 Å². The van der Waals surface area contributed by atoms with Gasteiger partial charge in [-0.25, -0.2) is 0 Å². The van der Waals surface area contributed by atoms with Gasteiger partial charge in [0.2, 0.25) is 11.8 Å². The van der Waals surface area contributed by atoms with E-state index in [1.165, 1.54) is 11.8 Å². The molecule has 0 saturated carbocycles. The summed E-state index contributed by atoms with van der Waals surface area (Å²) in [6, 6.07) is 0. The molecule has 6 N–H and O–H groups in total. The fourth-order valence-corrected chi connectivity index (χ4v) is 6.64. The number of ketones is 3. The molecule has 0 aliphatic heterocycles. The molecule has 14 heteroatoms. The first kappa shape index (κ1) is 61.9. The van der Waals surface area contributed by atoms with Crippen LogP contribution >= 0.6 is 68.7 Å². The van der Waals surface area contributed by atoms with E-state index in [-0.39, 0.29) is 58.1 Å². The number of halogens is 2. The molecule has 0 heterocycles. The molecule has 0 spiro atoms. The third-order valence-electron chi connectivity index (χ3n) is 6.99. The Kier molecular flexibility index (Phi) is 51.8. The van der Waals surface area contributed by atoms with E-state index < -0.39 is 0 Å². The second kappa shape index (κ2) is 44.4. The third kappa shape index (κ3) is 51.7. The van der Waals surface area contributed by atoms with E-state index in [0.717, 1.165) is 43.6 Å². The zero-order valence-electron chi connectivity index (χ0n) is 36.3. The van der Waals surface area contributed by atoms with Crippen LogP contribution in [0.4, 0.5) is 0 Å². The summed E-state index contributed by atoms with van der Waals surface area (Å²) in [4.78, 5) is 65.2. The molecule has 3 amide bonds. The molecule has 0 aliphatic rings. The summed E-state index contributed by atoms with van der Waals surface area (Å²) in [6.07, 6.45) is 12.5. The van der Waals surface area contributed by atoms with Crippen molar-refractivity contribution in [2.75, 3.05) is 51.1 Å². The molecule has 0 rings (SSSR count). The van der Waals surface area contributed by atoms with Gasteiger partial charge in [0, 0.05) is 37.4 Å². The second-order valence-corrected chi connectivity index (χ2v) is 18.7. The molecule has 0 aromatic carbocycles. The minimum Gasteiger partial charge on any atom is -0.369 e. The minimum atomic E-state index is -0.259. The van der Waals surface area contributed by atoms with Gasteiger partial charge in [0.05, 0.1) is 16.4 Å². The molecule has 53 heavy (non-hydrogen) atoms. The van der Waals surface area contributed by atoms with Crippen molar-refractivity contribution >= 4 is 115 Å². The van der Waals surface area contributed by atoms with Crippen LogP contribution in [0.5, 0.6) is 0 Å². The number of primary amides is 3. The number of nitrogens with two attached hydrogens (primary N) is 3. The fourth-order valence-electron chi connectivity index (χ4n) is 4.51. The topological polar surface area (TPSA) is 180 Å². The van der Waals surface area contributed by atoms with Crippen LogP contribution in [-0.2, 0) is 39.7 Å². The standard InChI is InChI=1S/C14H27NO2S.C12H24OS.C7H12O.C3H7NOS.C2H4INO.CH3I/c1-10(2)8-12(14(17)11(3)4)6-7-18(5)9-13(15)16;1-9(2)8-11(6-7-14-5)12(13)10(3)4;1-4-7(5-2)6(3)8;1-6-2-3(4)5;3-1-2(4)5;1-2/h10-12H,6-9H2,1-5H3,(H-,15,16);9-11H,6-8H2,1-5H3;4,7H,1,5H2,2-3H3;2H2,1H3,(H2,4,5);1H2,(H2,4,5);1H3/p+1/i;;;;;1D. The van der Waals surface area contributed by atoms with Crippen molar-refractivity contribution in [2.24, 2.45) is 58.6 Å². The Morgan fingerprint density at radius 2 is 1.19 bits per heavy atom. The molecule has 0 saturated heterocycles. The van der Waals surface area contributed by atoms with Crippen LogP contribution in [0.2, 0.25) is 0 Å². The van der Waals surface area contributed by atoms with Gasteiger partial charge < -0.3 is 17.2 Å². The Balaban J connectivity index is -0.000000141. The van der Waals surface area contributed by atoms with Crippen LogP contribution in [0.25, 0.3) is 0 Å². The molecule has 0 aromatic heterocycles. The summed E-state index contributed by atoms with van der Waals surface area (Å²) in [6.45, 7) is 23.7. The number of allylic oxidation sites excluding steroid dienone is 1. The molecule has 0 fully saturated rings. The lowest BCUT2D eigenvalue weighted by Gasteiger charge is -2.19. The van der Waals surface area contributed by atoms with Gasteiger partial charge in [-0.2, -0.15) is 23.5 Å². The molecule has 0 radical (unpaired) electrons. The number of carbonyl (C=O) groups is 6. The number of thioether (sulfide) groups is 2. The maximum atomic E-state index is 12.1. The molecule has 4 unspecified atom stereocenters. The van der Waals surface area contributed by atoms with Crippen molar-refractivity contribution in [1.82, 2.24) is 0 Å². The third-order valence-corrected chi connectivity index (χ3v) is 10.7. The van der Waals surface area contributed by atoms with Crippen LogP contribution in [0, 0.1) is 41.4 Å². The SMILES string of the molecule is C=CC(CC)C(C)=O.CC(C)CC(CC[S+](C)CC(N)=O)C(=O)C(C)C.CSCC(N)=O.CSCCC(CC(C)C)C(=O)C(C)C.NC(=O)CI.[2H]CI. The monoisotopic (exact) mass is 1040 g/mol. The van der Waals surface area contributed by atoms with Crippen LogP contribution in [0.15, 0.2) is 12.7 Å². The van der Waals surface area contributed by atoms with E-state index >= 15 is 0 Å². The number of carbonyl (C=O) groups excluding carboxylic acids is 6. The van der Waals surface area contributed by atoms with Gasteiger partial charge in [-0.05, 0) is 78.5 Å². The Labute approximate surface area is 365 Å². The van der Waals surface area contributed by atoms with Crippen molar-refractivity contribution < 1.29 is 30.1 Å². The van der Waals surface area contributed by atoms with Crippen molar-refractivity contribution in [2.45, 2.75) is 101 Å². The largest absolute Gasteiger partial charge is 0.369 e. The molecule has 0 aromatic rings. The highest BCUT2D eigenvalue weighted by atomic mass is 127. The molecular weight excluding hydrogens is 956 g/mol. The zero-order chi connectivity index (χ0) is 44.0. The summed E-state index contributed by atoms with van der Waals surface area (Å²) in [5.41, 5.74) is 14.6. The smallest absolute Gasteiger partial charge is 0.267 e. The van der Waals surface area contributed by atoms with E-state index in [1.807, 2.05) is 97.8 Å². The van der Waals surface area contributed by atoms with Crippen LogP contribution in [0.1, 0.15) is 103 Å². The molecule has 0 bridgehead atoms. The van der Waals surface area contributed by atoms with Gasteiger partial charge in [-0.1, -0.05) is 114 Å². The maximum Gasteiger partial charge on any atom is 0.267 e. The average Bonchev–Trinajstić information content (AvgIpc) is 3.05. The minimum absolute atomic E-state index is 0.00793. The second-order valence-electron chi connectivity index (χ2n) is 13.8. The summed E-state index contributed by atoms with van der Waals surface area (Å²) in [5, 5.41) is 0. The lowest BCUT2D eigenvalue weighted by molar-refractivity contribution is -0.127. The first-order valence-electron chi connectivity index (χ1n) is 18.6. The van der Waals surface area contributed by atoms with Crippen molar-refractivity contribution in [3.05, 3.63) is 12.7 Å². The van der Waals surface area contributed by atoms with E-state index in [2.05, 4.69) is 52.5 Å². The Morgan fingerprint density at radius 3 is 1.38 bits per heavy atom. The first-order chi connectivity index (χ1) is 24.9. The van der Waals surface area contributed by atoms with E-state index in [1.54, 1.807) is 13.0 Å². The molecule has 9 nitrogen and oxygen atoms in total. The summed E-state index contributed by atoms with van der Waals surface area (Å²) in [7, 11) is 0.00793. The van der Waals surface area contributed by atoms with Gasteiger partial charge in [0.25, 0.3) is 5.91 Å². The van der Waals surface area contributed by atoms with E-state index in [9.17, 15) is 28.8 Å². The van der Waals surface area contributed by atoms with Crippen LogP contribution < -0.4 is 17.2 Å². The summed E-state index contributed by atoms with van der Waals surface area (Å²) < 4.78 is 6.61. The number of hydrogen-bond donors (Lipinski definition) is 3. The molecule has 0 aliphatic carbocycles. The normalized spacial score (nSPS) is 12.5. The summed E-state index contributed by atoms with van der Waals surface area (Å²) in [5.74, 6) is 5.17. The predicted molar refractivity (Wildman–Crippen MR) is 256 cm³/mol. The fraction of sp³-hybridized carbons (Fsp3) is 0.795. The average molecular weight is 1040 g/mol. The van der Waals surface area contributed by atoms with Gasteiger partial charge in [-0.15, -0.1) is 6.58 Å². The lowest BCUT2D eigenvalue weighted by atomic mass is 9.86. The Hall–Kier alpha value is -0.330. The highest BCUT2D eigenvalue weighted by molar-refractivity contribution is 14.1. The van der Waals surface area contributed by atoms with Crippen molar-refractivity contribution in [1.29, 1.82) is 0 Å². The first-order valence-corrected chi connectivity index (χ1v) is 25.7. The maximum absolute atomic E-state index is 12.1. The number of rotatable bonds is 22. The van der Waals surface area contributed by atoms with Crippen LogP contribution in [0.3, 0.4) is 0 Å². The van der Waals surface area contributed by atoms with Crippen molar-refractivity contribution in [3.8, 4) is 0 Å². The lowest BCUT2D eigenvalue weighted by Crippen LogP contribution is -2.28. The highest BCUT2D eigenvalue weighted by Gasteiger charge is 2.25.